The van der Waals surface area contributed by atoms with Gasteiger partial charge in [-0.25, -0.2) is 4.98 Å². The van der Waals surface area contributed by atoms with Crippen molar-refractivity contribution in [3.05, 3.63) is 47.5 Å². The van der Waals surface area contributed by atoms with Gasteiger partial charge in [-0.1, -0.05) is 5.21 Å². The highest BCUT2D eigenvalue weighted by Gasteiger charge is 2.21. The molecule has 7 nitrogen and oxygen atoms in total. The summed E-state index contributed by atoms with van der Waals surface area (Å²) in [6.45, 7) is 3.98. The van der Waals surface area contributed by atoms with Crippen LogP contribution >= 0.6 is 11.3 Å². The van der Waals surface area contributed by atoms with Crippen molar-refractivity contribution in [2.45, 2.75) is 32.5 Å². The summed E-state index contributed by atoms with van der Waals surface area (Å²) < 4.78 is 4.04. The molecule has 1 N–H and O–H groups in total. The Bertz CT molecular complexity index is 788. The normalized spacial score (nSPS) is 16.5. The van der Waals surface area contributed by atoms with Crippen molar-refractivity contribution in [1.29, 1.82) is 0 Å². The Hall–Kier alpha value is -2.03. The average molecular weight is 358 g/mol. The largest absolute Gasteiger partial charge is 0.390 e. The molecule has 3 aromatic rings. The van der Waals surface area contributed by atoms with Crippen molar-refractivity contribution in [2.75, 3.05) is 13.1 Å². The third-order valence-electron chi connectivity index (χ3n) is 4.74. The van der Waals surface area contributed by atoms with Crippen molar-refractivity contribution in [3.63, 3.8) is 0 Å². The number of aliphatic hydroxyl groups is 1. The topological polar surface area (TPSA) is 72.0 Å². The maximum atomic E-state index is 9.08. The summed E-state index contributed by atoms with van der Waals surface area (Å²) in [6, 6.07) is 4.27. The first-order chi connectivity index (χ1) is 12.3. The molecular weight excluding hydrogens is 336 g/mol. The van der Waals surface area contributed by atoms with E-state index in [4.69, 9.17) is 5.11 Å². The summed E-state index contributed by atoms with van der Waals surface area (Å²) in [6.07, 6.45) is 8.10. The van der Waals surface area contributed by atoms with E-state index in [1.54, 1.807) is 11.3 Å². The number of piperidine rings is 1. The smallest absolute Gasteiger partial charge is 0.193 e. The van der Waals surface area contributed by atoms with Crippen LogP contribution in [0.2, 0.25) is 0 Å². The summed E-state index contributed by atoms with van der Waals surface area (Å²) in [5.41, 5.74) is 1.93. The van der Waals surface area contributed by atoms with Gasteiger partial charge in [-0.15, -0.1) is 16.4 Å². The van der Waals surface area contributed by atoms with Crippen LogP contribution in [0, 0.1) is 5.92 Å². The lowest BCUT2D eigenvalue weighted by Gasteiger charge is -2.31. The monoisotopic (exact) mass is 358 g/mol. The Morgan fingerprint density at radius 1 is 1.28 bits per heavy atom. The summed E-state index contributed by atoms with van der Waals surface area (Å²) >= 11 is 1.66. The van der Waals surface area contributed by atoms with Gasteiger partial charge in [-0.3, -0.25) is 14.1 Å². The van der Waals surface area contributed by atoms with Gasteiger partial charge in [0.25, 0.3) is 0 Å². The predicted octanol–water partition coefficient (Wildman–Crippen LogP) is 1.93. The molecule has 3 aromatic heterocycles. The van der Waals surface area contributed by atoms with Crippen LogP contribution in [0.25, 0.3) is 5.13 Å². The van der Waals surface area contributed by atoms with Gasteiger partial charge in [-0.05, 0) is 44.0 Å². The van der Waals surface area contributed by atoms with Gasteiger partial charge in [0.05, 0.1) is 12.8 Å². The molecule has 4 heterocycles. The molecule has 0 bridgehead atoms. The number of likely N-dealkylation sites (tertiary alicyclic amines) is 1. The molecule has 1 saturated heterocycles. The average Bonchev–Trinajstić information content (AvgIpc) is 3.37. The van der Waals surface area contributed by atoms with Crippen LogP contribution in [-0.2, 0) is 19.7 Å². The number of aliphatic hydroxyl groups excluding tert-OH is 1. The molecule has 1 aliphatic rings. The summed E-state index contributed by atoms with van der Waals surface area (Å²) in [5, 5.41) is 20.1. The summed E-state index contributed by atoms with van der Waals surface area (Å²) in [5.74, 6) is 0.621. The van der Waals surface area contributed by atoms with Gasteiger partial charge in [0.2, 0.25) is 0 Å². The van der Waals surface area contributed by atoms with E-state index in [-0.39, 0.29) is 6.61 Å². The molecule has 0 amide bonds. The molecule has 0 atom stereocenters. The van der Waals surface area contributed by atoms with Gasteiger partial charge in [-0.2, -0.15) is 0 Å². The van der Waals surface area contributed by atoms with Gasteiger partial charge in [0, 0.05) is 36.6 Å². The van der Waals surface area contributed by atoms with E-state index >= 15 is 0 Å². The van der Waals surface area contributed by atoms with Crippen molar-refractivity contribution < 1.29 is 5.11 Å². The fourth-order valence-corrected chi connectivity index (χ4v) is 4.04. The van der Waals surface area contributed by atoms with E-state index in [1.807, 2.05) is 22.5 Å². The second-order valence-corrected chi connectivity index (χ2v) is 7.37. The highest BCUT2D eigenvalue weighted by atomic mass is 32.1. The van der Waals surface area contributed by atoms with E-state index < -0.39 is 0 Å². The number of rotatable bonds is 6. The van der Waals surface area contributed by atoms with E-state index in [1.165, 1.54) is 5.69 Å². The van der Waals surface area contributed by atoms with Crippen molar-refractivity contribution in [3.8, 4) is 5.13 Å². The predicted molar refractivity (Wildman–Crippen MR) is 95.4 cm³/mol. The molecule has 8 heteroatoms. The van der Waals surface area contributed by atoms with Crippen molar-refractivity contribution in [1.82, 2.24) is 29.4 Å². The Morgan fingerprint density at radius 2 is 2.16 bits per heavy atom. The van der Waals surface area contributed by atoms with E-state index in [0.29, 0.717) is 11.6 Å². The maximum Gasteiger partial charge on any atom is 0.193 e. The molecule has 0 aliphatic carbocycles. The van der Waals surface area contributed by atoms with Crippen LogP contribution in [0.4, 0.5) is 0 Å². The molecule has 0 spiro atoms. The minimum atomic E-state index is -0.0445. The zero-order valence-electron chi connectivity index (χ0n) is 14.0. The fraction of sp³-hybridized carbons (Fsp3) is 0.471. The van der Waals surface area contributed by atoms with Crippen LogP contribution in [0.3, 0.4) is 0 Å². The van der Waals surface area contributed by atoms with Crippen LogP contribution in [0.5, 0.6) is 0 Å². The Labute approximate surface area is 150 Å². The maximum absolute atomic E-state index is 9.08. The SMILES string of the molecule is OCc1cn(CC2CCN(Cc3cccn3-c3nccs3)CC2)nn1. The van der Waals surface area contributed by atoms with Gasteiger partial charge >= 0.3 is 0 Å². The Balaban J connectivity index is 1.31. The molecule has 0 unspecified atom stereocenters. The lowest BCUT2D eigenvalue weighted by molar-refractivity contribution is 0.162. The first kappa shape index (κ1) is 16.4. The highest BCUT2D eigenvalue weighted by molar-refractivity contribution is 7.12. The number of thiazole rings is 1. The molecule has 1 fully saturated rings. The Kier molecular flexibility index (Phi) is 4.91. The second kappa shape index (κ2) is 7.47. The number of aromatic nitrogens is 5. The van der Waals surface area contributed by atoms with Crippen LogP contribution in [-0.4, -0.2) is 47.6 Å². The zero-order valence-corrected chi connectivity index (χ0v) is 14.8. The standard InChI is InChI=1S/C17H22N6OS/c24-13-15-11-22(20-19-15)10-14-3-7-21(8-4-14)12-16-2-1-6-23(16)17-18-5-9-25-17/h1-2,5-6,9,11,14,24H,3-4,7-8,10,12-13H2. The van der Waals surface area contributed by atoms with Crippen LogP contribution in [0.1, 0.15) is 24.2 Å². The van der Waals surface area contributed by atoms with Crippen LogP contribution < -0.4 is 0 Å². The van der Waals surface area contributed by atoms with Crippen molar-refractivity contribution in [2.24, 2.45) is 5.92 Å². The van der Waals surface area contributed by atoms with Crippen molar-refractivity contribution >= 4 is 11.3 Å². The quantitative estimate of drug-likeness (QED) is 0.729. The molecular formula is C17H22N6OS. The number of hydrogen-bond acceptors (Lipinski definition) is 6. The molecule has 132 valence electrons. The second-order valence-electron chi connectivity index (χ2n) is 6.49. The first-order valence-electron chi connectivity index (χ1n) is 8.60. The van der Waals surface area contributed by atoms with E-state index in [2.05, 4.69) is 43.1 Å². The minimum Gasteiger partial charge on any atom is -0.390 e. The minimum absolute atomic E-state index is 0.0445. The van der Waals surface area contributed by atoms with Gasteiger partial charge < -0.3 is 5.11 Å². The molecule has 0 saturated carbocycles. The summed E-state index contributed by atoms with van der Waals surface area (Å²) in [4.78, 5) is 6.92. The number of hydrogen-bond donors (Lipinski definition) is 1. The molecule has 1 aliphatic heterocycles. The lowest BCUT2D eigenvalue weighted by atomic mass is 9.97. The molecule has 25 heavy (non-hydrogen) atoms. The van der Waals surface area contributed by atoms with E-state index in [9.17, 15) is 0 Å². The molecule has 4 rings (SSSR count). The van der Waals surface area contributed by atoms with E-state index in [0.717, 1.165) is 44.2 Å². The summed E-state index contributed by atoms with van der Waals surface area (Å²) in [7, 11) is 0. The van der Waals surface area contributed by atoms with Crippen LogP contribution in [0.15, 0.2) is 36.1 Å². The fourth-order valence-electron chi connectivity index (χ4n) is 3.39. The number of nitrogens with zero attached hydrogens (tertiary/aromatic N) is 6. The zero-order chi connectivity index (χ0) is 17.1. The molecule has 0 aromatic carbocycles. The van der Waals surface area contributed by atoms with Gasteiger partial charge in [0.15, 0.2) is 5.13 Å². The highest BCUT2D eigenvalue weighted by Crippen LogP contribution is 2.22. The lowest BCUT2D eigenvalue weighted by Crippen LogP contribution is -2.35. The third kappa shape index (κ3) is 3.81. The van der Waals surface area contributed by atoms with Gasteiger partial charge in [0.1, 0.15) is 5.69 Å². The molecule has 0 radical (unpaired) electrons. The first-order valence-corrected chi connectivity index (χ1v) is 9.48. The Morgan fingerprint density at radius 3 is 2.88 bits per heavy atom. The third-order valence-corrected chi connectivity index (χ3v) is 5.52.